The van der Waals surface area contributed by atoms with Crippen molar-refractivity contribution >= 4 is 45.9 Å². The van der Waals surface area contributed by atoms with Crippen LogP contribution in [0.2, 0.25) is 0 Å². The lowest BCUT2D eigenvalue weighted by Crippen LogP contribution is -2.39. The molecule has 3 heterocycles. The Balaban J connectivity index is 1.42. The fraction of sp³-hybridized carbons (Fsp3) is 0.100. The Labute approximate surface area is 174 Å². The third-order valence-corrected chi connectivity index (χ3v) is 5.77. The first kappa shape index (κ1) is 19.2. The molecule has 4 rings (SSSR count). The summed E-state index contributed by atoms with van der Waals surface area (Å²) in [5.74, 6) is 0.645. The van der Waals surface area contributed by atoms with Crippen LogP contribution in [0.25, 0.3) is 22.5 Å². The number of para-hydroxylation sites is 1. The average Bonchev–Trinajstić information content (AvgIpc) is 3.44. The van der Waals surface area contributed by atoms with Crippen molar-refractivity contribution in [2.45, 2.75) is 11.6 Å². The molecule has 0 saturated heterocycles. The molecule has 3 amide bonds. The summed E-state index contributed by atoms with van der Waals surface area (Å²) in [6.07, 6.45) is 1.56. The van der Waals surface area contributed by atoms with E-state index in [1.165, 1.54) is 23.1 Å². The number of fused-ring (bicyclic) bond motifs is 1. The van der Waals surface area contributed by atoms with Crippen LogP contribution >= 0.6 is 23.1 Å². The van der Waals surface area contributed by atoms with E-state index in [0.29, 0.717) is 23.2 Å². The molecule has 29 heavy (non-hydrogen) atoms. The summed E-state index contributed by atoms with van der Waals surface area (Å²) in [6.45, 7) is 0.382. The van der Waals surface area contributed by atoms with Crippen LogP contribution in [0, 0.1) is 0 Å². The zero-order valence-corrected chi connectivity index (χ0v) is 16.8. The maximum Gasteiger partial charge on any atom is 0.321 e. The number of hydrogen-bond acceptors (Lipinski definition) is 7. The lowest BCUT2D eigenvalue weighted by Gasteiger charge is -2.08. The van der Waals surface area contributed by atoms with Gasteiger partial charge in [0.25, 0.3) is 0 Å². The standard InChI is InChI=1S/C20H16N4O3S2/c25-17(23-20(26)21-11-13-5-4-10-28-13)12-29-19-14-6-1-2-7-15(14)22-18(24-19)16-8-3-9-27-16/h1-10H,11-12H2,(H2,21,23,25,26). The number of urea groups is 1. The van der Waals surface area contributed by atoms with E-state index in [-0.39, 0.29) is 5.75 Å². The van der Waals surface area contributed by atoms with E-state index in [0.717, 1.165) is 15.8 Å². The molecule has 0 saturated carbocycles. The Hall–Kier alpha value is -3.17. The molecule has 2 N–H and O–H groups in total. The molecule has 0 bridgehead atoms. The first-order valence-corrected chi connectivity index (χ1v) is 10.6. The van der Waals surface area contributed by atoms with E-state index in [1.54, 1.807) is 18.4 Å². The highest BCUT2D eigenvalue weighted by Gasteiger charge is 2.14. The fourth-order valence-corrected chi connectivity index (χ4v) is 4.06. The Morgan fingerprint density at radius 2 is 1.97 bits per heavy atom. The number of nitrogens with one attached hydrogen (secondary N) is 2. The van der Waals surface area contributed by atoms with Crippen LogP contribution in [0.1, 0.15) is 4.88 Å². The number of amides is 3. The van der Waals surface area contributed by atoms with Crippen molar-refractivity contribution in [2.75, 3.05) is 5.75 Å². The zero-order valence-electron chi connectivity index (χ0n) is 15.1. The average molecular weight is 425 g/mol. The van der Waals surface area contributed by atoms with Crippen molar-refractivity contribution in [1.82, 2.24) is 20.6 Å². The molecular weight excluding hydrogens is 408 g/mol. The number of rotatable bonds is 6. The summed E-state index contributed by atoms with van der Waals surface area (Å²) < 4.78 is 5.39. The Morgan fingerprint density at radius 1 is 1.07 bits per heavy atom. The Bertz CT molecular complexity index is 1130. The van der Waals surface area contributed by atoms with Gasteiger partial charge in [0.1, 0.15) is 5.03 Å². The van der Waals surface area contributed by atoms with Crippen molar-refractivity contribution in [3.63, 3.8) is 0 Å². The predicted octanol–water partition coefficient (Wildman–Crippen LogP) is 4.07. The van der Waals surface area contributed by atoms with Gasteiger partial charge in [-0.1, -0.05) is 36.0 Å². The number of imide groups is 1. The Morgan fingerprint density at radius 3 is 2.76 bits per heavy atom. The fourth-order valence-electron chi connectivity index (χ4n) is 2.59. The number of benzene rings is 1. The summed E-state index contributed by atoms with van der Waals surface area (Å²) in [4.78, 5) is 34.2. The predicted molar refractivity (Wildman–Crippen MR) is 113 cm³/mol. The highest BCUT2D eigenvalue weighted by molar-refractivity contribution is 8.00. The van der Waals surface area contributed by atoms with Gasteiger partial charge in [-0.2, -0.15) is 0 Å². The lowest BCUT2D eigenvalue weighted by molar-refractivity contribution is -0.117. The molecule has 0 unspecified atom stereocenters. The van der Waals surface area contributed by atoms with E-state index < -0.39 is 11.9 Å². The molecule has 0 spiro atoms. The van der Waals surface area contributed by atoms with Gasteiger partial charge in [-0.05, 0) is 29.6 Å². The molecule has 146 valence electrons. The number of furan rings is 1. The van der Waals surface area contributed by atoms with Gasteiger partial charge in [0, 0.05) is 10.3 Å². The van der Waals surface area contributed by atoms with Gasteiger partial charge in [0.2, 0.25) is 5.91 Å². The van der Waals surface area contributed by atoms with E-state index in [1.807, 2.05) is 41.8 Å². The zero-order chi connectivity index (χ0) is 20.1. The van der Waals surface area contributed by atoms with Crippen LogP contribution in [-0.4, -0.2) is 27.7 Å². The molecule has 3 aromatic heterocycles. The van der Waals surface area contributed by atoms with Gasteiger partial charge in [-0.3, -0.25) is 10.1 Å². The van der Waals surface area contributed by atoms with Gasteiger partial charge in [-0.15, -0.1) is 11.3 Å². The summed E-state index contributed by atoms with van der Waals surface area (Å²) in [5, 5.41) is 8.41. The molecular formula is C20H16N4O3S2. The summed E-state index contributed by atoms with van der Waals surface area (Å²) >= 11 is 2.78. The first-order valence-electron chi connectivity index (χ1n) is 8.72. The molecule has 0 atom stereocenters. The second-order valence-electron chi connectivity index (χ2n) is 5.95. The normalized spacial score (nSPS) is 10.8. The maximum absolute atomic E-state index is 12.2. The highest BCUT2D eigenvalue weighted by Crippen LogP contribution is 2.28. The Kier molecular flexibility index (Phi) is 5.87. The number of nitrogens with zero attached hydrogens (tertiary/aromatic N) is 2. The highest BCUT2D eigenvalue weighted by atomic mass is 32.2. The molecule has 0 aliphatic carbocycles. The lowest BCUT2D eigenvalue weighted by atomic mass is 10.2. The molecule has 1 aromatic carbocycles. The molecule has 0 aliphatic heterocycles. The van der Waals surface area contributed by atoms with E-state index in [4.69, 9.17) is 4.42 Å². The van der Waals surface area contributed by atoms with Crippen molar-refractivity contribution in [3.05, 3.63) is 65.1 Å². The third kappa shape index (κ3) is 4.82. The second kappa shape index (κ2) is 8.89. The minimum Gasteiger partial charge on any atom is -0.461 e. The van der Waals surface area contributed by atoms with E-state index in [2.05, 4.69) is 20.6 Å². The van der Waals surface area contributed by atoms with Crippen molar-refractivity contribution in [3.8, 4) is 11.6 Å². The molecule has 0 aliphatic rings. The van der Waals surface area contributed by atoms with Crippen LogP contribution in [0.15, 0.2) is 69.6 Å². The quantitative estimate of drug-likeness (QED) is 0.358. The number of thioether (sulfide) groups is 1. The molecule has 7 nitrogen and oxygen atoms in total. The minimum absolute atomic E-state index is 0.0467. The van der Waals surface area contributed by atoms with Crippen molar-refractivity contribution in [2.24, 2.45) is 0 Å². The number of aromatic nitrogens is 2. The van der Waals surface area contributed by atoms with Crippen LogP contribution in [-0.2, 0) is 11.3 Å². The summed E-state index contributed by atoms with van der Waals surface area (Å²) in [7, 11) is 0. The molecule has 9 heteroatoms. The van der Waals surface area contributed by atoms with Crippen LogP contribution < -0.4 is 10.6 Å². The van der Waals surface area contributed by atoms with Gasteiger partial charge in [0.05, 0.1) is 24.1 Å². The van der Waals surface area contributed by atoms with Gasteiger partial charge in [-0.25, -0.2) is 14.8 Å². The second-order valence-corrected chi connectivity index (χ2v) is 7.94. The van der Waals surface area contributed by atoms with E-state index >= 15 is 0 Å². The molecule has 0 fully saturated rings. The number of carbonyl (C=O) groups is 2. The SMILES string of the molecule is O=C(CSc1nc(-c2ccco2)nc2ccccc12)NC(=O)NCc1cccs1. The van der Waals surface area contributed by atoms with Gasteiger partial charge in [0.15, 0.2) is 11.6 Å². The monoisotopic (exact) mass is 424 g/mol. The number of hydrogen-bond donors (Lipinski definition) is 2. The summed E-state index contributed by atoms with van der Waals surface area (Å²) in [6, 6.07) is 14.4. The van der Waals surface area contributed by atoms with E-state index in [9.17, 15) is 9.59 Å². The summed E-state index contributed by atoms with van der Waals surface area (Å²) in [5.41, 5.74) is 0.755. The van der Waals surface area contributed by atoms with Gasteiger partial charge < -0.3 is 9.73 Å². The van der Waals surface area contributed by atoms with Crippen molar-refractivity contribution < 1.29 is 14.0 Å². The maximum atomic E-state index is 12.2. The smallest absolute Gasteiger partial charge is 0.321 e. The number of carbonyl (C=O) groups excluding carboxylic acids is 2. The largest absolute Gasteiger partial charge is 0.461 e. The molecule has 0 radical (unpaired) electrons. The van der Waals surface area contributed by atoms with Crippen molar-refractivity contribution in [1.29, 1.82) is 0 Å². The van der Waals surface area contributed by atoms with Crippen LogP contribution in [0.3, 0.4) is 0 Å². The molecule has 4 aromatic rings. The topological polar surface area (TPSA) is 97.1 Å². The van der Waals surface area contributed by atoms with Crippen LogP contribution in [0.4, 0.5) is 4.79 Å². The van der Waals surface area contributed by atoms with Gasteiger partial charge >= 0.3 is 6.03 Å². The van der Waals surface area contributed by atoms with Crippen LogP contribution in [0.5, 0.6) is 0 Å². The number of thiophene rings is 1. The minimum atomic E-state index is -0.521. The third-order valence-electron chi connectivity index (χ3n) is 3.91. The first-order chi connectivity index (χ1) is 14.2.